The first-order valence-electron chi connectivity index (χ1n) is 17.7. The zero-order valence-corrected chi connectivity index (χ0v) is 29.0. The second-order valence-corrected chi connectivity index (χ2v) is 17.8. The Bertz CT molecular complexity index is 1350. The van der Waals surface area contributed by atoms with Crippen LogP contribution in [-0.2, 0) is 19.1 Å². The first kappa shape index (κ1) is 36.2. The number of ether oxygens (including phenoxy) is 2. The molecule has 5 fully saturated rings. The smallest absolute Gasteiger partial charge is 0.315 e. The highest BCUT2D eigenvalue weighted by Crippen LogP contribution is 2.76. The fourth-order valence-corrected chi connectivity index (χ4v) is 12.1. The van der Waals surface area contributed by atoms with Crippen LogP contribution in [0.3, 0.4) is 0 Å². The second-order valence-electron chi connectivity index (χ2n) is 17.8. The summed E-state index contributed by atoms with van der Waals surface area (Å²) in [6, 6.07) is 0. The summed E-state index contributed by atoms with van der Waals surface area (Å²) in [5, 5.41) is 85.7. The Morgan fingerprint density at radius 3 is 2.12 bits per heavy atom. The molecule has 0 aromatic heterocycles. The van der Waals surface area contributed by atoms with E-state index in [2.05, 4.69) is 26.8 Å². The quantitative estimate of drug-likeness (QED) is 0.157. The number of hydrogen-bond donors (Lipinski definition) is 8. The first-order chi connectivity index (χ1) is 22.2. The fraction of sp³-hybridized carbons (Fsp3) is 0.889. The number of hydrogen-bond acceptors (Lipinski definition) is 11. The summed E-state index contributed by atoms with van der Waals surface area (Å²) in [6.07, 6.45) is -5.35. The lowest BCUT2D eigenvalue weighted by atomic mass is 9.33. The van der Waals surface area contributed by atoms with E-state index in [0.717, 1.165) is 5.57 Å². The van der Waals surface area contributed by atoms with Crippen molar-refractivity contribution >= 4 is 11.9 Å². The van der Waals surface area contributed by atoms with E-state index >= 15 is 0 Å². The molecular formula is C36H56O12. The standard InChI is InChI=1S/C36H56O12/c1-31(2)11-13-36(30(46)48-28-25(41)24(40)23(39)19(16-37)47-28)14-12-33(4)17(22(36)27(31)43)7-8-20-32(3)15-18(38)26(42)35(6,29(44)45)21(32)9-10-34(20,33)5/h7,18-28,37-43H,8-16H2,1-6H3,(H,44,45)/t18-,19-,20?,21?,22?,23-,24+,25-,26+,27?,28+,32-,33-,34-,35-,36+/m1/s1. The number of carboxylic acid groups (broad SMARTS) is 1. The molecule has 0 radical (unpaired) electrons. The SMILES string of the molecule is CC1(C)CC[C@]2(C(=O)O[C@@H]3O[C@H](CO)[C@@H](O)[C@H](O)[C@H]3O)CC[C@]3(C)C(=CCC4[C@@]5(C)C[C@@H](O)[C@H](O)[C@](C)(C(=O)O)C5CC[C@]43C)C2C1O. The molecule has 8 N–H and O–H groups in total. The summed E-state index contributed by atoms with van der Waals surface area (Å²) in [5.74, 6) is -2.82. The Morgan fingerprint density at radius 1 is 0.854 bits per heavy atom. The van der Waals surface area contributed by atoms with Gasteiger partial charge < -0.3 is 50.3 Å². The van der Waals surface area contributed by atoms with Crippen LogP contribution in [0.1, 0.15) is 92.9 Å². The Hall–Kier alpha value is -1.64. The Labute approximate surface area is 282 Å². The average molecular weight is 681 g/mol. The zero-order chi connectivity index (χ0) is 35.6. The molecule has 6 aliphatic rings. The third kappa shape index (κ3) is 4.55. The van der Waals surface area contributed by atoms with Crippen LogP contribution in [0.5, 0.6) is 0 Å². The summed E-state index contributed by atoms with van der Waals surface area (Å²) in [4.78, 5) is 27.2. The van der Waals surface area contributed by atoms with Crippen molar-refractivity contribution in [1.29, 1.82) is 0 Å². The van der Waals surface area contributed by atoms with Gasteiger partial charge in [-0.3, -0.25) is 9.59 Å². The van der Waals surface area contributed by atoms with E-state index in [1.54, 1.807) is 6.92 Å². The maximum Gasteiger partial charge on any atom is 0.315 e. The van der Waals surface area contributed by atoms with Gasteiger partial charge in [-0.05, 0) is 91.8 Å². The molecule has 1 saturated heterocycles. The molecule has 48 heavy (non-hydrogen) atoms. The van der Waals surface area contributed by atoms with E-state index in [4.69, 9.17) is 9.47 Å². The molecule has 0 bridgehead atoms. The molecule has 0 aromatic carbocycles. The van der Waals surface area contributed by atoms with Crippen molar-refractivity contribution in [2.75, 3.05) is 6.61 Å². The molecule has 0 spiro atoms. The van der Waals surface area contributed by atoms with Gasteiger partial charge in [0.15, 0.2) is 0 Å². The number of aliphatic hydroxyl groups excluding tert-OH is 7. The maximum absolute atomic E-state index is 14.4. The highest BCUT2D eigenvalue weighted by molar-refractivity contribution is 5.79. The Morgan fingerprint density at radius 2 is 1.50 bits per heavy atom. The monoisotopic (exact) mass is 680 g/mol. The van der Waals surface area contributed by atoms with Gasteiger partial charge in [-0.1, -0.05) is 46.3 Å². The van der Waals surface area contributed by atoms with Crippen LogP contribution in [0.4, 0.5) is 0 Å². The minimum Gasteiger partial charge on any atom is -0.481 e. The topological polar surface area (TPSA) is 214 Å². The maximum atomic E-state index is 14.4. The number of aliphatic carboxylic acids is 1. The summed E-state index contributed by atoms with van der Waals surface area (Å²) >= 11 is 0. The molecule has 5 aliphatic carbocycles. The molecule has 1 aliphatic heterocycles. The molecule has 12 heteroatoms. The molecule has 16 atom stereocenters. The minimum absolute atomic E-state index is 0.0411. The molecule has 0 aromatic rings. The first-order valence-corrected chi connectivity index (χ1v) is 17.7. The number of carbonyl (C=O) groups is 2. The van der Waals surface area contributed by atoms with E-state index in [1.807, 2.05) is 13.8 Å². The van der Waals surface area contributed by atoms with Crippen molar-refractivity contribution < 1.29 is 59.9 Å². The summed E-state index contributed by atoms with van der Waals surface area (Å²) < 4.78 is 11.4. The van der Waals surface area contributed by atoms with Crippen LogP contribution in [0.15, 0.2) is 11.6 Å². The Kier molecular flexibility index (Phi) is 8.61. The van der Waals surface area contributed by atoms with Crippen molar-refractivity contribution in [3.8, 4) is 0 Å². The van der Waals surface area contributed by atoms with Crippen molar-refractivity contribution in [1.82, 2.24) is 0 Å². The van der Waals surface area contributed by atoms with Gasteiger partial charge in [0, 0.05) is 5.92 Å². The third-order valence-corrected chi connectivity index (χ3v) is 15.4. The van der Waals surface area contributed by atoms with Gasteiger partial charge in [0.25, 0.3) is 0 Å². The van der Waals surface area contributed by atoms with Crippen LogP contribution in [-0.4, -0.2) is 108 Å². The Balaban J connectivity index is 1.40. The highest BCUT2D eigenvalue weighted by atomic mass is 16.7. The lowest BCUT2D eigenvalue weighted by molar-refractivity contribution is -0.298. The van der Waals surface area contributed by atoms with Gasteiger partial charge in [0.1, 0.15) is 24.4 Å². The largest absolute Gasteiger partial charge is 0.481 e. The number of carboxylic acids is 1. The summed E-state index contributed by atoms with van der Waals surface area (Å²) in [7, 11) is 0. The third-order valence-electron chi connectivity index (χ3n) is 15.4. The van der Waals surface area contributed by atoms with Crippen LogP contribution in [0.2, 0.25) is 0 Å². The molecule has 4 saturated carbocycles. The molecule has 6 rings (SSSR count). The average Bonchev–Trinajstić information content (AvgIpc) is 3.02. The van der Waals surface area contributed by atoms with E-state index in [0.29, 0.717) is 44.9 Å². The van der Waals surface area contributed by atoms with Gasteiger partial charge in [0.05, 0.1) is 35.7 Å². The molecule has 4 unspecified atom stereocenters. The molecule has 0 amide bonds. The molecule has 1 heterocycles. The van der Waals surface area contributed by atoms with Crippen molar-refractivity contribution in [3.05, 3.63) is 11.6 Å². The van der Waals surface area contributed by atoms with Gasteiger partial charge in [-0.15, -0.1) is 0 Å². The number of esters is 1. The zero-order valence-electron chi connectivity index (χ0n) is 29.0. The van der Waals surface area contributed by atoms with E-state index in [9.17, 15) is 50.4 Å². The normalized spacial score (nSPS) is 54.4. The minimum atomic E-state index is -1.74. The predicted molar refractivity (Wildman–Crippen MR) is 170 cm³/mol. The molecular weight excluding hydrogens is 624 g/mol. The summed E-state index contributed by atoms with van der Waals surface area (Å²) in [5.41, 5.74) is -3.75. The van der Waals surface area contributed by atoms with Gasteiger partial charge >= 0.3 is 11.9 Å². The van der Waals surface area contributed by atoms with E-state index < -0.39 is 106 Å². The number of allylic oxidation sites excluding steroid dienone is 1. The van der Waals surface area contributed by atoms with Crippen molar-refractivity contribution in [3.63, 3.8) is 0 Å². The number of aliphatic hydroxyl groups is 7. The van der Waals surface area contributed by atoms with Crippen LogP contribution in [0, 0.1) is 50.2 Å². The lowest BCUT2D eigenvalue weighted by Gasteiger charge is -2.71. The van der Waals surface area contributed by atoms with Crippen molar-refractivity contribution in [2.24, 2.45) is 50.2 Å². The van der Waals surface area contributed by atoms with Gasteiger partial charge in [-0.2, -0.15) is 0 Å². The number of carbonyl (C=O) groups excluding carboxylic acids is 1. The number of fused-ring (bicyclic) bond motifs is 7. The summed E-state index contributed by atoms with van der Waals surface area (Å²) in [6.45, 7) is 11.4. The van der Waals surface area contributed by atoms with Crippen molar-refractivity contribution in [2.45, 2.75) is 142 Å². The lowest BCUT2D eigenvalue weighted by Crippen LogP contribution is -2.69. The van der Waals surface area contributed by atoms with Crippen LogP contribution in [0.25, 0.3) is 0 Å². The predicted octanol–water partition coefficient (Wildman–Crippen LogP) is 1.50. The second kappa shape index (κ2) is 11.4. The highest BCUT2D eigenvalue weighted by Gasteiger charge is 2.73. The number of rotatable bonds is 4. The van der Waals surface area contributed by atoms with Gasteiger partial charge in [-0.25, -0.2) is 0 Å². The molecule has 272 valence electrons. The van der Waals surface area contributed by atoms with Crippen LogP contribution >= 0.6 is 0 Å². The van der Waals surface area contributed by atoms with E-state index in [1.165, 1.54) is 0 Å². The fourth-order valence-electron chi connectivity index (χ4n) is 12.1. The molecule has 12 nitrogen and oxygen atoms in total. The van der Waals surface area contributed by atoms with Crippen LogP contribution < -0.4 is 0 Å². The van der Waals surface area contributed by atoms with Gasteiger partial charge in [0.2, 0.25) is 6.29 Å². The van der Waals surface area contributed by atoms with E-state index in [-0.39, 0.29) is 18.3 Å².